The van der Waals surface area contributed by atoms with Gasteiger partial charge in [-0.05, 0) is 102 Å². The van der Waals surface area contributed by atoms with Gasteiger partial charge in [0.15, 0.2) is 0 Å². The molecule has 1 radical (unpaired) electrons. The van der Waals surface area contributed by atoms with Crippen LogP contribution in [0, 0.1) is 6.07 Å². The smallest absolute Gasteiger partial charge is 0.0152 e. The first-order valence-corrected chi connectivity index (χ1v) is 17.6. The minimum absolute atomic E-state index is 0.0124. The summed E-state index contributed by atoms with van der Waals surface area (Å²) in [5.41, 5.74) is 14.2. The van der Waals surface area contributed by atoms with Crippen LogP contribution in [0.1, 0.15) is 117 Å². The van der Waals surface area contributed by atoms with Crippen molar-refractivity contribution in [2.75, 3.05) is 0 Å². The molecule has 0 saturated heterocycles. The lowest BCUT2D eigenvalue weighted by Crippen LogP contribution is -2.22. The molecule has 0 amide bonds. The SMILES string of the molecule is CCC(C)(C)c1ccc(-c2c(C(C)(C)C)[c]cc(-c3ccccc3C(C)(C)c3ccccc3)c2-c2ccccc2)c(C(C)(C)CC)c1. The first-order valence-electron chi connectivity index (χ1n) is 17.6. The second-order valence-corrected chi connectivity index (χ2v) is 16.2. The van der Waals surface area contributed by atoms with E-state index in [2.05, 4.69) is 191 Å². The molecule has 0 aliphatic rings. The minimum atomic E-state index is -0.197. The van der Waals surface area contributed by atoms with E-state index in [-0.39, 0.29) is 21.7 Å². The summed E-state index contributed by atoms with van der Waals surface area (Å²) >= 11 is 0. The first kappa shape index (κ1) is 34.4. The van der Waals surface area contributed by atoms with Crippen molar-refractivity contribution in [1.82, 2.24) is 0 Å². The summed E-state index contributed by atoms with van der Waals surface area (Å²) in [6.07, 6.45) is 2.15. The Balaban J connectivity index is 1.96. The van der Waals surface area contributed by atoms with Crippen molar-refractivity contribution < 1.29 is 0 Å². The molecule has 0 saturated carbocycles. The van der Waals surface area contributed by atoms with Gasteiger partial charge in [0.1, 0.15) is 0 Å². The Bertz CT molecular complexity index is 1830. The average Bonchev–Trinajstić information content (AvgIpc) is 3.07. The molecule has 5 aromatic carbocycles. The van der Waals surface area contributed by atoms with Crippen molar-refractivity contribution in [2.45, 2.75) is 111 Å². The molecular formula is C47H55. The fourth-order valence-corrected chi connectivity index (χ4v) is 6.94. The molecule has 0 atom stereocenters. The van der Waals surface area contributed by atoms with Gasteiger partial charge in [-0.2, -0.15) is 0 Å². The van der Waals surface area contributed by atoms with E-state index in [0.717, 1.165) is 12.8 Å². The molecule has 0 aliphatic heterocycles. The maximum absolute atomic E-state index is 3.92. The Morgan fingerprint density at radius 1 is 0.489 bits per heavy atom. The molecule has 0 unspecified atom stereocenters. The summed E-state index contributed by atoms with van der Waals surface area (Å²) in [6, 6.07) is 44.6. The number of hydrogen-bond acceptors (Lipinski definition) is 0. The Morgan fingerprint density at radius 3 is 1.66 bits per heavy atom. The summed E-state index contributed by atoms with van der Waals surface area (Å²) in [6.45, 7) is 25.9. The molecule has 47 heavy (non-hydrogen) atoms. The summed E-state index contributed by atoms with van der Waals surface area (Å²) < 4.78 is 0. The van der Waals surface area contributed by atoms with Gasteiger partial charge in [0.05, 0.1) is 0 Å². The molecule has 0 aliphatic carbocycles. The predicted molar refractivity (Wildman–Crippen MR) is 205 cm³/mol. The predicted octanol–water partition coefficient (Wildman–Crippen LogP) is 13.5. The Morgan fingerprint density at radius 2 is 1.06 bits per heavy atom. The van der Waals surface area contributed by atoms with Crippen LogP contribution in [0.4, 0.5) is 0 Å². The van der Waals surface area contributed by atoms with Gasteiger partial charge >= 0.3 is 0 Å². The van der Waals surface area contributed by atoms with Crippen molar-refractivity contribution in [2.24, 2.45) is 0 Å². The van der Waals surface area contributed by atoms with E-state index in [1.807, 2.05) is 0 Å². The topological polar surface area (TPSA) is 0 Å². The minimum Gasteiger partial charge on any atom is -0.0646 e. The zero-order valence-corrected chi connectivity index (χ0v) is 30.8. The molecule has 0 spiro atoms. The van der Waals surface area contributed by atoms with Crippen LogP contribution < -0.4 is 0 Å². The van der Waals surface area contributed by atoms with Crippen molar-refractivity contribution in [3.8, 4) is 33.4 Å². The molecule has 0 fully saturated rings. The average molecular weight is 620 g/mol. The monoisotopic (exact) mass is 619 g/mol. The van der Waals surface area contributed by atoms with Crippen molar-refractivity contribution in [1.29, 1.82) is 0 Å². The van der Waals surface area contributed by atoms with Gasteiger partial charge in [0.2, 0.25) is 0 Å². The van der Waals surface area contributed by atoms with Crippen molar-refractivity contribution in [3.05, 3.63) is 143 Å². The molecule has 0 bridgehead atoms. The Hall–Kier alpha value is -3.90. The molecule has 0 nitrogen and oxygen atoms in total. The molecular weight excluding hydrogens is 565 g/mol. The zero-order chi connectivity index (χ0) is 34.2. The number of rotatable bonds is 9. The highest BCUT2D eigenvalue weighted by Crippen LogP contribution is 2.50. The standard InChI is InChI=1S/C47H55/c1-12-45(6,7)35-28-29-38(41(32-35)46(8,9)13-2)43-40(44(3,4)5)31-30-37(42(43)33-22-16-14-17-23-33)36-26-20-21-27-39(36)47(10,11)34-24-18-15-19-25-34/h14-30,32H,12-13H2,1-11H3. The molecule has 0 heteroatoms. The maximum Gasteiger partial charge on any atom is 0.0152 e. The van der Waals surface area contributed by atoms with Crippen LogP contribution in [0.2, 0.25) is 0 Å². The van der Waals surface area contributed by atoms with Crippen molar-refractivity contribution >= 4 is 0 Å². The molecule has 5 rings (SSSR count). The summed E-state index contributed by atoms with van der Waals surface area (Å²) in [7, 11) is 0. The lowest BCUT2D eigenvalue weighted by atomic mass is 9.69. The highest BCUT2D eigenvalue weighted by Gasteiger charge is 2.33. The van der Waals surface area contributed by atoms with Gasteiger partial charge in [0, 0.05) is 5.41 Å². The summed E-state index contributed by atoms with van der Waals surface area (Å²) in [5, 5.41) is 0. The van der Waals surface area contributed by atoms with Gasteiger partial charge < -0.3 is 0 Å². The normalized spacial score (nSPS) is 12.7. The lowest BCUT2D eigenvalue weighted by molar-refractivity contribution is 0.489. The van der Waals surface area contributed by atoms with Crippen LogP contribution in [0.25, 0.3) is 33.4 Å². The van der Waals surface area contributed by atoms with Crippen LogP contribution in [0.5, 0.6) is 0 Å². The van der Waals surface area contributed by atoms with Crippen LogP contribution >= 0.6 is 0 Å². The van der Waals surface area contributed by atoms with Gasteiger partial charge in [-0.1, -0.05) is 179 Å². The van der Waals surface area contributed by atoms with Gasteiger partial charge in [-0.25, -0.2) is 0 Å². The van der Waals surface area contributed by atoms with E-state index >= 15 is 0 Å². The molecule has 243 valence electrons. The third-order valence-corrected chi connectivity index (χ3v) is 10.9. The van der Waals surface area contributed by atoms with E-state index in [0.29, 0.717) is 0 Å². The molecule has 0 heterocycles. The Kier molecular flexibility index (Phi) is 9.49. The van der Waals surface area contributed by atoms with Crippen molar-refractivity contribution in [3.63, 3.8) is 0 Å². The highest BCUT2D eigenvalue weighted by atomic mass is 14.4. The maximum atomic E-state index is 3.92. The van der Waals surface area contributed by atoms with Crippen LogP contribution in [0.3, 0.4) is 0 Å². The van der Waals surface area contributed by atoms with Crippen LogP contribution in [-0.4, -0.2) is 0 Å². The first-order chi connectivity index (χ1) is 22.1. The third kappa shape index (κ3) is 6.62. The third-order valence-electron chi connectivity index (χ3n) is 10.9. The fourth-order valence-electron chi connectivity index (χ4n) is 6.94. The van der Waals surface area contributed by atoms with E-state index in [9.17, 15) is 0 Å². The van der Waals surface area contributed by atoms with E-state index in [4.69, 9.17) is 0 Å². The van der Waals surface area contributed by atoms with Crippen LogP contribution in [0.15, 0.2) is 109 Å². The van der Waals surface area contributed by atoms with E-state index < -0.39 is 0 Å². The van der Waals surface area contributed by atoms with Crippen LogP contribution in [-0.2, 0) is 21.7 Å². The Labute approximate surface area is 286 Å². The second-order valence-electron chi connectivity index (χ2n) is 16.2. The highest BCUT2D eigenvalue weighted by molar-refractivity contribution is 5.98. The van der Waals surface area contributed by atoms with Gasteiger partial charge in [-0.15, -0.1) is 0 Å². The van der Waals surface area contributed by atoms with E-state index in [1.165, 1.54) is 61.2 Å². The number of benzene rings is 5. The molecule has 0 aromatic heterocycles. The summed E-state index contributed by atoms with van der Waals surface area (Å²) in [4.78, 5) is 0. The van der Waals surface area contributed by atoms with E-state index in [1.54, 1.807) is 0 Å². The van der Waals surface area contributed by atoms with Gasteiger partial charge in [0.25, 0.3) is 0 Å². The van der Waals surface area contributed by atoms with Gasteiger partial charge in [-0.3, -0.25) is 0 Å². The fraction of sp³-hybridized carbons (Fsp3) is 0.362. The second kappa shape index (κ2) is 13.0. The quantitative estimate of drug-likeness (QED) is 0.154. The number of hydrogen-bond donors (Lipinski definition) is 0. The largest absolute Gasteiger partial charge is 0.0646 e. The molecule has 0 N–H and O–H groups in total. The molecule has 5 aromatic rings. The zero-order valence-electron chi connectivity index (χ0n) is 30.8. The lowest BCUT2D eigenvalue weighted by Gasteiger charge is -2.34. The summed E-state index contributed by atoms with van der Waals surface area (Å²) in [5.74, 6) is 0.